The molecule has 0 spiro atoms. The van der Waals surface area contributed by atoms with Crippen LogP contribution in [-0.4, -0.2) is 16.4 Å². The molecule has 1 amide bonds. The number of ether oxygens (including phenoxy) is 1. The third kappa shape index (κ3) is 5.85. The summed E-state index contributed by atoms with van der Waals surface area (Å²) in [5, 5.41) is 11.9. The number of carbonyl (C=O) groups is 2. The summed E-state index contributed by atoms with van der Waals surface area (Å²) in [6.45, 7) is 1.66. The van der Waals surface area contributed by atoms with Crippen molar-refractivity contribution in [1.29, 1.82) is 5.26 Å². The Bertz CT molecular complexity index is 1330. The van der Waals surface area contributed by atoms with Gasteiger partial charge in [-0.3, -0.25) is 14.4 Å². The number of hydrogen-bond acceptors (Lipinski definition) is 5. The van der Waals surface area contributed by atoms with Gasteiger partial charge in [0.25, 0.3) is 11.5 Å². The van der Waals surface area contributed by atoms with E-state index in [4.69, 9.17) is 10.00 Å². The molecule has 7 heteroatoms. The molecule has 0 bridgehead atoms. The molecule has 2 aromatic carbocycles. The Morgan fingerprint density at radius 2 is 1.69 bits per heavy atom. The number of nitrogens with zero attached hydrogens (tertiary/aromatic N) is 2. The van der Waals surface area contributed by atoms with Crippen LogP contribution in [0.2, 0.25) is 0 Å². The summed E-state index contributed by atoms with van der Waals surface area (Å²) in [6.07, 6.45) is 5.88. The van der Waals surface area contributed by atoms with E-state index in [0.717, 1.165) is 55.3 Å². The summed E-state index contributed by atoms with van der Waals surface area (Å²) < 4.78 is 6.75. The predicted molar refractivity (Wildman–Crippen MR) is 133 cm³/mol. The first-order chi connectivity index (χ1) is 16.9. The summed E-state index contributed by atoms with van der Waals surface area (Å²) in [5.41, 5.74) is 3.74. The van der Waals surface area contributed by atoms with Gasteiger partial charge in [-0.1, -0.05) is 25.0 Å². The van der Waals surface area contributed by atoms with Crippen molar-refractivity contribution in [2.24, 2.45) is 0 Å². The lowest BCUT2D eigenvalue weighted by molar-refractivity contribution is -0.131. The van der Waals surface area contributed by atoms with E-state index >= 15 is 0 Å². The first-order valence-corrected chi connectivity index (χ1v) is 11.8. The second kappa shape index (κ2) is 10.8. The Morgan fingerprint density at radius 3 is 2.34 bits per heavy atom. The minimum absolute atomic E-state index is 0.0991. The lowest BCUT2D eigenvalue weighted by Crippen LogP contribution is -2.33. The number of nitriles is 1. The van der Waals surface area contributed by atoms with Crippen molar-refractivity contribution in [1.82, 2.24) is 4.57 Å². The zero-order chi connectivity index (χ0) is 24.8. The highest BCUT2D eigenvalue weighted by Gasteiger charge is 2.20. The molecule has 0 saturated heterocycles. The Labute approximate surface area is 204 Å². The zero-order valence-corrected chi connectivity index (χ0v) is 19.7. The van der Waals surface area contributed by atoms with E-state index in [9.17, 15) is 14.4 Å². The van der Waals surface area contributed by atoms with Gasteiger partial charge >= 0.3 is 5.97 Å². The van der Waals surface area contributed by atoms with Gasteiger partial charge in [-0.15, -0.1) is 0 Å². The monoisotopic (exact) mass is 469 g/mol. The SMILES string of the molecule is CC(=O)Oc1ccc(NC(=O)c2cc3c(n(Cc4ccc(C#N)cc4)c2=O)CCCCCC3)cc1. The van der Waals surface area contributed by atoms with Gasteiger partial charge in [0.05, 0.1) is 18.2 Å². The quantitative estimate of drug-likeness (QED) is 0.435. The molecular formula is C28H27N3O4. The summed E-state index contributed by atoms with van der Waals surface area (Å²) >= 11 is 0. The van der Waals surface area contributed by atoms with Gasteiger partial charge in [0.2, 0.25) is 0 Å². The highest BCUT2D eigenvalue weighted by molar-refractivity contribution is 6.04. The molecule has 178 valence electrons. The first-order valence-electron chi connectivity index (χ1n) is 11.8. The van der Waals surface area contributed by atoms with E-state index in [1.807, 2.05) is 12.1 Å². The van der Waals surface area contributed by atoms with Gasteiger partial charge in [0.15, 0.2) is 0 Å². The number of amides is 1. The molecule has 4 rings (SSSR count). The normalized spacial score (nSPS) is 13.0. The number of pyridine rings is 1. The van der Waals surface area contributed by atoms with Gasteiger partial charge in [-0.25, -0.2) is 0 Å². The fourth-order valence-electron chi connectivity index (χ4n) is 4.40. The van der Waals surface area contributed by atoms with Crippen LogP contribution in [-0.2, 0) is 24.2 Å². The van der Waals surface area contributed by atoms with Gasteiger partial charge in [0.1, 0.15) is 11.3 Å². The Balaban J connectivity index is 1.68. The highest BCUT2D eigenvalue weighted by Crippen LogP contribution is 2.22. The van der Waals surface area contributed by atoms with Gasteiger partial charge in [0, 0.05) is 18.3 Å². The Hall–Kier alpha value is -4.18. The lowest BCUT2D eigenvalue weighted by atomic mass is 9.95. The molecular weight excluding hydrogens is 442 g/mol. The van der Waals surface area contributed by atoms with E-state index < -0.39 is 11.9 Å². The number of fused-ring (bicyclic) bond motifs is 1. The van der Waals surface area contributed by atoms with Gasteiger partial charge in [-0.2, -0.15) is 5.26 Å². The van der Waals surface area contributed by atoms with Crippen molar-refractivity contribution in [2.75, 3.05) is 5.32 Å². The van der Waals surface area contributed by atoms with Gasteiger partial charge in [-0.05, 0) is 79.3 Å². The Kier molecular flexibility index (Phi) is 7.41. The Morgan fingerprint density at radius 1 is 1.00 bits per heavy atom. The molecule has 1 aliphatic carbocycles. The molecule has 7 nitrogen and oxygen atoms in total. The molecule has 0 atom stereocenters. The van der Waals surface area contributed by atoms with E-state index in [0.29, 0.717) is 23.5 Å². The minimum atomic E-state index is -0.478. The maximum atomic E-state index is 13.6. The van der Waals surface area contributed by atoms with Crippen molar-refractivity contribution in [2.45, 2.75) is 52.0 Å². The van der Waals surface area contributed by atoms with Crippen LogP contribution >= 0.6 is 0 Å². The summed E-state index contributed by atoms with van der Waals surface area (Å²) in [5.74, 6) is -0.527. The van der Waals surface area contributed by atoms with E-state index in [1.165, 1.54) is 6.92 Å². The number of benzene rings is 2. The number of aromatic nitrogens is 1. The maximum Gasteiger partial charge on any atom is 0.308 e. The molecule has 0 unspecified atom stereocenters. The molecule has 0 radical (unpaired) electrons. The predicted octanol–water partition coefficient (Wildman–Crippen LogP) is 4.60. The zero-order valence-electron chi connectivity index (χ0n) is 19.7. The number of nitrogens with one attached hydrogen (secondary N) is 1. The molecule has 35 heavy (non-hydrogen) atoms. The molecule has 1 N–H and O–H groups in total. The van der Waals surface area contributed by atoms with Crippen molar-refractivity contribution >= 4 is 17.6 Å². The third-order valence-corrected chi connectivity index (χ3v) is 6.14. The minimum Gasteiger partial charge on any atom is -0.427 e. The summed E-state index contributed by atoms with van der Waals surface area (Å²) in [4.78, 5) is 37.9. The number of rotatable bonds is 5. The molecule has 0 fully saturated rings. The fraction of sp³-hybridized carbons (Fsp3) is 0.286. The summed E-state index contributed by atoms with van der Waals surface area (Å²) in [7, 11) is 0. The molecule has 0 saturated carbocycles. The van der Waals surface area contributed by atoms with E-state index in [1.54, 1.807) is 47.0 Å². The standard InChI is InChI=1S/C28H27N3O4/c1-19(32)35-24-14-12-23(13-15-24)30-27(33)25-16-22-6-4-2-3-5-7-26(22)31(28(25)34)18-21-10-8-20(17-29)9-11-21/h8-16H,2-7,18H2,1H3,(H,30,33). The van der Waals surface area contributed by atoms with Crippen LogP contribution in [0.1, 0.15) is 65.3 Å². The fourth-order valence-corrected chi connectivity index (χ4v) is 4.40. The van der Waals surface area contributed by atoms with Gasteiger partial charge < -0.3 is 14.6 Å². The largest absolute Gasteiger partial charge is 0.427 e. The highest BCUT2D eigenvalue weighted by atomic mass is 16.5. The second-order valence-electron chi connectivity index (χ2n) is 8.72. The average molecular weight is 470 g/mol. The van der Waals surface area contributed by atoms with Crippen LogP contribution in [0, 0.1) is 11.3 Å². The van der Waals surface area contributed by atoms with Crippen molar-refractivity contribution in [3.05, 3.63) is 92.9 Å². The van der Waals surface area contributed by atoms with E-state index in [2.05, 4.69) is 11.4 Å². The number of anilines is 1. The lowest BCUT2D eigenvalue weighted by Gasteiger charge is -2.21. The van der Waals surface area contributed by atoms with Crippen LogP contribution in [0.3, 0.4) is 0 Å². The third-order valence-electron chi connectivity index (χ3n) is 6.14. The van der Waals surface area contributed by atoms with Crippen LogP contribution in [0.25, 0.3) is 0 Å². The molecule has 0 aliphatic heterocycles. The van der Waals surface area contributed by atoms with E-state index in [-0.39, 0.29) is 11.1 Å². The van der Waals surface area contributed by atoms with Crippen LogP contribution in [0.5, 0.6) is 5.75 Å². The van der Waals surface area contributed by atoms with Crippen LogP contribution in [0.15, 0.2) is 59.4 Å². The molecule has 3 aromatic rings. The molecule has 1 aromatic heterocycles. The van der Waals surface area contributed by atoms with Crippen molar-refractivity contribution in [3.8, 4) is 11.8 Å². The smallest absolute Gasteiger partial charge is 0.308 e. The topological polar surface area (TPSA) is 101 Å². The molecule has 1 heterocycles. The number of hydrogen-bond donors (Lipinski definition) is 1. The first kappa shape index (κ1) is 24.0. The van der Waals surface area contributed by atoms with Crippen LogP contribution < -0.4 is 15.6 Å². The number of esters is 1. The van der Waals surface area contributed by atoms with Crippen molar-refractivity contribution < 1.29 is 14.3 Å². The average Bonchev–Trinajstić information content (AvgIpc) is 2.83. The van der Waals surface area contributed by atoms with Crippen LogP contribution in [0.4, 0.5) is 5.69 Å². The summed E-state index contributed by atoms with van der Waals surface area (Å²) in [6, 6.07) is 17.4. The second-order valence-corrected chi connectivity index (χ2v) is 8.72. The van der Waals surface area contributed by atoms with Crippen molar-refractivity contribution in [3.63, 3.8) is 0 Å². The number of carbonyl (C=O) groups excluding carboxylic acids is 2. The molecule has 1 aliphatic rings. The number of aryl methyl sites for hydroxylation is 1. The maximum absolute atomic E-state index is 13.6.